The fourth-order valence-electron chi connectivity index (χ4n) is 2.50. The first-order chi connectivity index (χ1) is 12.0. The molecule has 2 aromatic rings. The first kappa shape index (κ1) is 19.5. The number of nitrogens with one attached hydrogen (secondary N) is 1. The molecule has 10 heteroatoms. The van der Waals surface area contributed by atoms with Crippen LogP contribution in [-0.2, 0) is 19.9 Å². The second-order valence-corrected chi connectivity index (χ2v) is 11.2. The first-order valence-corrected chi connectivity index (χ1v) is 12.1. The van der Waals surface area contributed by atoms with Crippen LogP contribution in [0.1, 0.15) is 24.3 Å². The summed E-state index contributed by atoms with van der Waals surface area (Å²) in [5.41, 5.74) is 0.882. The minimum atomic E-state index is -4.18. The van der Waals surface area contributed by atoms with Crippen molar-refractivity contribution in [1.29, 1.82) is 0 Å². The van der Waals surface area contributed by atoms with Crippen molar-refractivity contribution in [2.24, 2.45) is 0 Å². The van der Waals surface area contributed by atoms with Crippen LogP contribution in [-0.4, -0.2) is 28.2 Å². The van der Waals surface area contributed by atoms with Gasteiger partial charge in [0.25, 0.3) is 10.0 Å². The van der Waals surface area contributed by atoms with E-state index in [1.807, 2.05) is 0 Å². The van der Waals surface area contributed by atoms with Gasteiger partial charge in [0.2, 0.25) is 0 Å². The van der Waals surface area contributed by atoms with Crippen LogP contribution in [0.15, 0.2) is 44.6 Å². The van der Waals surface area contributed by atoms with E-state index in [2.05, 4.69) is 20.7 Å². The average molecular weight is 481 g/mol. The van der Waals surface area contributed by atoms with Crippen LogP contribution in [0.3, 0.4) is 0 Å². The maximum Gasteiger partial charge on any atom is 0.265 e. The molecule has 2 aromatic carbocycles. The molecule has 1 aliphatic carbocycles. The Hall–Kier alpha value is -1.29. The second-order valence-electron chi connectivity index (χ2n) is 6.18. The van der Waals surface area contributed by atoms with Gasteiger partial charge in [0.15, 0.2) is 15.6 Å². The molecule has 6 nitrogen and oxygen atoms in total. The third-order valence-corrected chi connectivity index (χ3v) is 7.17. The average Bonchev–Trinajstić information content (AvgIpc) is 3.34. The highest BCUT2D eigenvalue weighted by Crippen LogP contribution is 2.42. The molecule has 0 amide bonds. The first-order valence-electron chi connectivity index (χ1n) is 7.53. The number of halogens is 2. The maximum atomic E-state index is 12.7. The molecule has 2 N–H and O–H groups in total. The van der Waals surface area contributed by atoms with Gasteiger partial charge >= 0.3 is 0 Å². The van der Waals surface area contributed by atoms with Crippen molar-refractivity contribution in [2.45, 2.75) is 28.6 Å². The normalized spacial score (nSPS) is 15.0. The summed E-state index contributed by atoms with van der Waals surface area (Å²) >= 11 is 8.97. The highest BCUT2D eigenvalue weighted by atomic mass is 79.9. The number of aromatic hydroxyl groups is 1. The Morgan fingerprint density at radius 3 is 2.35 bits per heavy atom. The number of sulfone groups is 1. The molecular weight excluding hydrogens is 466 g/mol. The summed E-state index contributed by atoms with van der Waals surface area (Å²) in [6, 6.07) is 7.02. The van der Waals surface area contributed by atoms with E-state index >= 15 is 0 Å². The molecule has 0 atom stereocenters. The van der Waals surface area contributed by atoms with Crippen LogP contribution in [0.25, 0.3) is 0 Å². The zero-order chi connectivity index (χ0) is 19.3. The summed E-state index contributed by atoms with van der Waals surface area (Å²) in [6.07, 6.45) is 2.93. The molecule has 0 bridgehead atoms. The number of hydrogen-bond donors (Lipinski definition) is 2. The van der Waals surface area contributed by atoms with Gasteiger partial charge in [0.1, 0.15) is 4.90 Å². The minimum Gasteiger partial charge on any atom is -0.505 e. The standard InChI is InChI=1S/C16H15BrClNO5S2/c1-25(21,22)13-5-10(9-2-3-9)4-12(8-13)19-26(23,24)15-7-11(17)6-14(18)16(15)20/h4-9,19-20H,2-3H2,1H3. The van der Waals surface area contributed by atoms with E-state index in [4.69, 9.17) is 11.6 Å². The van der Waals surface area contributed by atoms with Crippen molar-refractivity contribution in [2.75, 3.05) is 11.0 Å². The zero-order valence-corrected chi connectivity index (χ0v) is 17.5. The predicted molar refractivity (Wildman–Crippen MR) is 103 cm³/mol. The van der Waals surface area contributed by atoms with Crippen molar-refractivity contribution in [3.63, 3.8) is 0 Å². The van der Waals surface area contributed by atoms with E-state index in [1.54, 1.807) is 12.1 Å². The third-order valence-electron chi connectivity index (χ3n) is 3.94. The van der Waals surface area contributed by atoms with Gasteiger partial charge in [0.05, 0.1) is 15.6 Å². The number of phenols is 1. The third kappa shape index (κ3) is 4.16. The Labute approximate surface area is 165 Å². The molecule has 1 fully saturated rings. The van der Waals surface area contributed by atoms with Crippen LogP contribution in [0.4, 0.5) is 5.69 Å². The molecular formula is C16H15BrClNO5S2. The monoisotopic (exact) mass is 479 g/mol. The Bertz CT molecular complexity index is 1100. The highest BCUT2D eigenvalue weighted by molar-refractivity contribution is 9.10. The fraction of sp³-hybridized carbons (Fsp3) is 0.250. The molecule has 1 aliphatic rings. The summed E-state index contributed by atoms with van der Waals surface area (Å²) in [5, 5.41) is 9.88. The summed E-state index contributed by atoms with van der Waals surface area (Å²) in [6.45, 7) is 0. The lowest BCUT2D eigenvalue weighted by Crippen LogP contribution is -2.14. The summed E-state index contributed by atoms with van der Waals surface area (Å²) in [4.78, 5) is -0.370. The second kappa shape index (κ2) is 6.70. The van der Waals surface area contributed by atoms with E-state index in [9.17, 15) is 21.9 Å². The van der Waals surface area contributed by atoms with E-state index < -0.39 is 30.5 Å². The SMILES string of the molecule is CS(=O)(=O)c1cc(NS(=O)(=O)c2cc(Br)cc(Cl)c2O)cc(C2CC2)c1. The van der Waals surface area contributed by atoms with Crippen molar-refractivity contribution < 1.29 is 21.9 Å². The number of anilines is 1. The molecule has 1 saturated carbocycles. The smallest absolute Gasteiger partial charge is 0.265 e. The summed E-state index contributed by atoms with van der Waals surface area (Å²) in [7, 11) is -7.69. The van der Waals surface area contributed by atoms with Crippen LogP contribution < -0.4 is 4.72 Å². The van der Waals surface area contributed by atoms with Crippen molar-refractivity contribution in [3.05, 3.63) is 45.4 Å². The Morgan fingerprint density at radius 1 is 1.12 bits per heavy atom. The lowest BCUT2D eigenvalue weighted by atomic mass is 10.1. The van der Waals surface area contributed by atoms with Gasteiger partial charge < -0.3 is 5.11 Å². The predicted octanol–water partition coefficient (Wildman–Crippen LogP) is 3.89. The highest BCUT2D eigenvalue weighted by Gasteiger charge is 2.27. The molecule has 0 heterocycles. The van der Waals surface area contributed by atoms with Gasteiger partial charge in [-0.25, -0.2) is 16.8 Å². The molecule has 0 spiro atoms. The van der Waals surface area contributed by atoms with Crippen LogP contribution >= 0.6 is 27.5 Å². The van der Waals surface area contributed by atoms with E-state index in [0.717, 1.165) is 24.7 Å². The Balaban J connectivity index is 2.07. The van der Waals surface area contributed by atoms with Gasteiger partial charge in [-0.15, -0.1) is 0 Å². The number of hydrogen-bond acceptors (Lipinski definition) is 5. The molecule has 0 aliphatic heterocycles. The number of rotatable bonds is 5. The van der Waals surface area contributed by atoms with Crippen molar-refractivity contribution >= 4 is 53.1 Å². The maximum absolute atomic E-state index is 12.7. The number of sulfonamides is 1. The van der Waals surface area contributed by atoms with Gasteiger partial charge in [-0.2, -0.15) is 0 Å². The Kier molecular flexibility index (Phi) is 5.02. The minimum absolute atomic E-state index is 0.0381. The lowest BCUT2D eigenvalue weighted by Gasteiger charge is -2.13. The molecule has 140 valence electrons. The Morgan fingerprint density at radius 2 is 1.77 bits per heavy atom. The topological polar surface area (TPSA) is 101 Å². The van der Waals surface area contributed by atoms with Gasteiger partial charge in [0, 0.05) is 10.7 Å². The van der Waals surface area contributed by atoms with Crippen molar-refractivity contribution in [3.8, 4) is 5.75 Å². The molecule has 0 unspecified atom stereocenters. The number of benzene rings is 2. The molecule has 26 heavy (non-hydrogen) atoms. The van der Waals surface area contributed by atoms with Gasteiger partial charge in [-0.1, -0.05) is 27.5 Å². The van der Waals surface area contributed by atoms with Crippen LogP contribution in [0, 0.1) is 0 Å². The summed E-state index contributed by atoms with van der Waals surface area (Å²) < 4.78 is 51.9. The van der Waals surface area contributed by atoms with Crippen molar-refractivity contribution in [1.82, 2.24) is 0 Å². The molecule has 0 radical (unpaired) electrons. The van der Waals surface area contributed by atoms with Crippen LogP contribution in [0.5, 0.6) is 5.75 Å². The van der Waals surface area contributed by atoms with E-state index in [0.29, 0.717) is 4.47 Å². The largest absolute Gasteiger partial charge is 0.505 e. The lowest BCUT2D eigenvalue weighted by molar-refractivity contribution is 0.459. The zero-order valence-electron chi connectivity index (χ0n) is 13.5. The summed E-state index contributed by atoms with van der Waals surface area (Å²) in [5.74, 6) is -0.349. The molecule has 0 aromatic heterocycles. The fourth-order valence-corrected chi connectivity index (χ4v) is 5.40. The van der Waals surface area contributed by atoms with Gasteiger partial charge in [-0.3, -0.25) is 4.72 Å². The van der Waals surface area contributed by atoms with Gasteiger partial charge in [-0.05, 0) is 54.7 Å². The molecule has 0 saturated heterocycles. The van der Waals surface area contributed by atoms with E-state index in [1.165, 1.54) is 18.2 Å². The quantitative estimate of drug-likeness (QED) is 0.676. The van der Waals surface area contributed by atoms with E-state index in [-0.39, 0.29) is 21.5 Å². The van der Waals surface area contributed by atoms with Crippen LogP contribution in [0.2, 0.25) is 5.02 Å². The number of phenolic OH excluding ortho intramolecular Hbond substituents is 1. The molecule has 3 rings (SSSR count).